The molecule has 0 spiro atoms. The highest BCUT2D eigenvalue weighted by Crippen LogP contribution is 2.42. The van der Waals surface area contributed by atoms with E-state index in [1.807, 2.05) is 0 Å². The lowest BCUT2D eigenvalue weighted by Gasteiger charge is -2.49. The van der Waals surface area contributed by atoms with E-state index in [1.165, 1.54) is 28.0 Å². The molecule has 0 bridgehead atoms. The van der Waals surface area contributed by atoms with Crippen molar-refractivity contribution in [3.05, 3.63) is 27.3 Å². The highest BCUT2D eigenvalue weighted by Gasteiger charge is 2.54. The van der Waals surface area contributed by atoms with Crippen molar-refractivity contribution >= 4 is 63.3 Å². The minimum atomic E-state index is -1.23. The highest BCUT2D eigenvalue weighted by molar-refractivity contribution is 8.03. The molecule has 2 aromatic rings. The number of carboxylic acids is 1. The van der Waals surface area contributed by atoms with Gasteiger partial charge >= 0.3 is 5.97 Å². The zero-order valence-electron chi connectivity index (χ0n) is 14.9. The van der Waals surface area contributed by atoms with Gasteiger partial charge in [-0.3, -0.25) is 14.5 Å². The fraction of sp³-hybridized carbons (Fsp3) is 0.267. The van der Waals surface area contributed by atoms with Crippen LogP contribution in [0.2, 0.25) is 0 Å². The number of nitrogen functional groups attached to an aromatic ring is 1. The van der Waals surface area contributed by atoms with Crippen LogP contribution < -0.4 is 11.1 Å². The van der Waals surface area contributed by atoms with Gasteiger partial charge in [0.15, 0.2) is 5.13 Å². The summed E-state index contributed by atoms with van der Waals surface area (Å²) in [6.07, 6.45) is 0.864. The van der Waals surface area contributed by atoms with Crippen LogP contribution in [-0.4, -0.2) is 65.1 Å². The largest absolute Gasteiger partial charge is 0.477 e. The first-order valence-corrected chi connectivity index (χ1v) is 10.9. The summed E-state index contributed by atoms with van der Waals surface area (Å²) in [7, 11) is 0. The van der Waals surface area contributed by atoms with Crippen LogP contribution >= 0.6 is 34.6 Å². The summed E-state index contributed by atoms with van der Waals surface area (Å²) in [6.45, 7) is 0. The first-order chi connectivity index (χ1) is 14.4. The third-order valence-corrected chi connectivity index (χ3v) is 6.84. The van der Waals surface area contributed by atoms with Crippen molar-refractivity contribution in [1.82, 2.24) is 24.6 Å². The monoisotopic (exact) mass is 467 g/mol. The van der Waals surface area contributed by atoms with E-state index in [0.29, 0.717) is 22.8 Å². The van der Waals surface area contributed by atoms with E-state index in [2.05, 4.69) is 24.8 Å². The Kier molecular flexibility index (Phi) is 5.40. The second-order valence-electron chi connectivity index (χ2n) is 6.18. The first kappa shape index (κ1) is 20.2. The van der Waals surface area contributed by atoms with Gasteiger partial charge in [0.1, 0.15) is 16.8 Å². The van der Waals surface area contributed by atoms with Gasteiger partial charge in [0.2, 0.25) is 11.5 Å². The number of amides is 2. The van der Waals surface area contributed by atoms with Crippen molar-refractivity contribution in [3.8, 4) is 0 Å². The Bertz CT molecular complexity index is 1080. The van der Waals surface area contributed by atoms with Crippen LogP contribution in [0.1, 0.15) is 18.7 Å². The SMILES string of the molecule is Nc1nc(/C(=N/O)C(=O)N[C@@H]2C(=O)N3C(C(=O)O)=C(Sc4cscn4)CC[C@H]23)ns1. The Labute approximate surface area is 180 Å². The maximum atomic E-state index is 12.7. The van der Waals surface area contributed by atoms with Gasteiger partial charge in [0.05, 0.1) is 11.6 Å². The van der Waals surface area contributed by atoms with Crippen LogP contribution in [0.5, 0.6) is 0 Å². The summed E-state index contributed by atoms with van der Waals surface area (Å²) in [5.74, 6) is -2.82. The summed E-state index contributed by atoms with van der Waals surface area (Å²) >= 11 is 3.42. The molecule has 15 heteroatoms. The number of rotatable bonds is 6. The van der Waals surface area contributed by atoms with Crippen molar-refractivity contribution in [3.63, 3.8) is 0 Å². The number of hydrogen-bond acceptors (Lipinski definition) is 12. The average Bonchev–Trinajstić information content (AvgIpc) is 3.38. The average molecular weight is 468 g/mol. The Morgan fingerprint density at radius 2 is 2.23 bits per heavy atom. The minimum Gasteiger partial charge on any atom is -0.477 e. The topological polar surface area (TPSA) is 184 Å². The van der Waals surface area contributed by atoms with Crippen LogP contribution in [0.4, 0.5) is 5.13 Å². The van der Waals surface area contributed by atoms with Crippen LogP contribution in [0.15, 0.2) is 31.7 Å². The van der Waals surface area contributed by atoms with Gasteiger partial charge in [0, 0.05) is 21.8 Å². The molecule has 0 radical (unpaired) electrons. The summed E-state index contributed by atoms with van der Waals surface area (Å²) in [6, 6.07) is -1.48. The molecule has 2 aliphatic heterocycles. The fourth-order valence-corrected chi connectivity index (χ4v) is 5.37. The number of carboxylic acid groups (broad SMARTS) is 1. The predicted molar refractivity (Wildman–Crippen MR) is 107 cm³/mol. The van der Waals surface area contributed by atoms with Crippen molar-refractivity contribution < 1.29 is 24.7 Å². The van der Waals surface area contributed by atoms with Gasteiger partial charge in [-0.2, -0.15) is 9.36 Å². The summed E-state index contributed by atoms with van der Waals surface area (Å²) in [5.41, 5.74) is 6.52. The van der Waals surface area contributed by atoms with E-state index in [4.69, 9.17) is 10.9 Å². The number of oxime groups is 1. The number of thioether (sulfide) groups is 1. The Morgan fingerprint density at radius 1 is 1.43 bits per heavy atom. The van der Waals surface area contributed by atoms with Gasteiger partial charge in [-0.05, 0) is 12.8 Å². The quantitative estimate of drug-likeness (QED) is 0.200. The number of aliphatic carboxylic acids is 1. The third-order valence-electron chi connectivity index (χ3n) is 4.49. The summed E-state index contributed by atoms with van der Waals surface area (Å²) < 4.78 is 3.81. The Hall–Kier alpha value is -3.04. The highest BCUT2D eigenvalue weighted by atomic mass is 32.2. The molecule has 2 aromatic heterocycles. The molecule has 5 N–H and O–H groups in total. The molecule has 156 valence electrons. The smallest absolute Gasteiger partial charge is 0.353 e. The molecule has 1 saturated heterocycles. The molecular weight excluding hydrogens is 454 g/mol. The van der Waals surface area contributed by atoms with Crippen molar-refractivity contribution in [2.45, 2.75) is 30.0 Å². The van der Waals surface area contributed by atoms with Gasteiger partial charge in [-0.15, -0.1) is 11.3 Å². The second kappa shape index (κ2) is 8.00. The van der Waals surface area contributed by atoms with Crippen molar-refractivity contribution in [2.75, 3.05) is 5.73 Å². The molecule has 2 atom stereocenters. The van der Waals surface area contributed by atoms with Crippen molar-refractivity contribution in [1.29, 1.82) is 0 Å². The fourth-order valence-electron chi connectivity index (χ4n) is 3.24. The molecule has 0 aromatic carbocycles. The number of carbonyl (C=O) groups is 3. The number of aromatic nitrogens is 3. The lowest BCUT2D eigenvalue weighted by atomic mass is 9.86. The number of hydrogen-bond donors (Lipinski definition) is 4. The van der Waals surface area contributed by atoms with E-state index in [1.54, 1.807) is 10.9 Å². The van der Waals surface area contributed by atoms with Crippen LogP contribution in [0.25, 0.3) is 0 Å². The number of carbonyl (C=O) groups excluding carboxylic acids is 2. The zero-order chi connectivity index (χ0) is 21.4. The second-order valence-corrected chi connectivity index (χ2v) is 8.79. The molecule has 2 aliphatic rings. The maximum Gasteiger partial charge on any atom is 0.353 e. The molecule has 30 heavy (non-hydrogen) atoms. The minimum absolute atomic E-state index is 0.0819. The molecule has 4 rings (SSSR count). The molecule has 0 saturated carbocycles. The number of thiazole rings is 1. The van der Waals surface area contributed by atoms with E-state index in [0.717, 1.165) is 11.5 Å². The lowest BCUT2D eigenvalue weighted by Crippen LogP contribution is -2.72. The number of fused-ring (bicyclic) bond motifs is 1. The molecule has 2 amide bonds. The van der Waals surface area contributed by atoms with E-state index < -0.39 is 35.6 Å². The molecular formula is C15H13N7O5S3. The van der Waals surface area contributed by atoms with Crippen LogP contribution in [0, 0.1) is 0 Å². The lowest BCUT2D eigenvalue weighted by molar-refractivity contribution is -0.155. The van der Waals surface area contributed by atoms with E-state index in [9.17, 15) is 19.5 Å². The molecule has 1 fully saturated rings. The number of nitrogens with two attached hydrogens (primary N) is 1. The number of β-lactam (4-membered cyclic amide) rings is 1. The maximum absolute atomic E-state index is 12.7. The van der Waals surface area contributed by atoms with Gasteiger partial charge in [-0.1, -0.05) is 16.9 Å². The number of nitrogens with zero attached hydrogens (tertiary/aromatic N) is 5. The normalized spacial score (nSPS) is 21.3. The van der Waals surface area contributed by atoms with Gasteiger partial charge < -0.3 is 21.4 Å². The first-order valence-electron chi connectivity index (χ1n) is 8.38. The standard InChI is InChI=1S/C15H13N7O5S3/c16-15-19-11(21-30-15)9(20-27)12(23)18-8-5-1-2-6(29-7-3-28-4-17-7)10(14(25)26)22(5)13(8)24/h3-5,8,27H,1-2H2,(H,18,23)(H,25,26)(H2,16,19,21)/b20-9-/t5-,8+/m1/s1. The van der Waals surface area contributed by atoms with Crippen LogP contribution in [0.3, 0.4) is 0 Å². The summed E-state index contributed by atoms with van der Waals surface area (Å²) in [4.78, 5) is 46.6. The number of anilines is 1. The predicted octanol–water partition coefficient (Wildman–Crippen LogP) is 0.333. The number of nitrogens with one attached hydrogen (secondary N) is 1. The van der Waals surface area contributed by atoms with Gasteiger partial charge in [0.25, 0.3) is 11.8 Å². The summed E-state index contributed by atoms with van der Waals surface area (Å²) in [5, 5.41) is 26.7. The van der Waals surface area contributed by atoms with Crippen LogP contribution in [-0.2, 0) is 14.4 Å². The Balaban J connectivity index is 1.52. The molecule has 4 heterocycles. The Morgan fingerprint density at radius 3 is 2.83 bits per heavy atom. The molecule has 12 nitrogen and oxygen atoms in total. The van der Waals surface area contributed by atoms with E-state index in [-0.39, 0.29) is 16.7 Å². The van der Waals surface area contributed by atoms with E-state index >= 15 is 0 Å². The van der Waals surface area contributed by atoms with Gasteiger partial charge in [-0.25, -0.2) is 9.78 Å². The van der Waals surface area contributed by atoms with Crippen molar-refractivity contribution in [2.24, 2.45) is 5.16 Å². The third kappa shape index (κ3) is 3.50. The number of allylic oxidation sites excluding steroid dienone is 1. The zero-order valence-corrected chi connectivity index (χ0v) is 17.3. The molecule has 0 unspecified atom stereocenters. The molecule has 0 aliphatic carbocycles.